The van der Waals surface area contributed by atoms with Crippen molar-refractivity contribution in [3.63, 3.8) is 0 Å². The maximum Gasteiger partial charge on any atom is 0.0672 e. The van der Waals surface area contributed by atoms with Crippen molar-refractivity contribution in [2.45, 2.75) is 13.0 Å². The van der Waals surface area contributed by atoms with E-state index in [1.54, 1.807) is 6.07 Å². The second-order valence-corrected chi connectivity index (χ2v) is 5.33. The van der Waals surface area contributed by atoms with Crippen molar-refractivity contribution in [3.05, 3.63) is 46.0 Å². The minimum absolute atomic E-state index is 0.0182. The molecule has 0 fully saturated rings. The molecule has 3 nitrogen and oxygen atoms in total. The van der Waals surface area contributed by atoms with Crippen LogP contribution in [0.1, 0.15) is 18.5 Å². The van der Waals surface area contributed by atoms with Crippen molar-refractivity contribution < 1.29 is 4.74 Å². The Bertz CT molecular complexity index is 404. The number of hydrogen-bond donors (Lipinski definition) is 2. The van der Waals surface area contributed by atoms with Gasteiger partial charge in [0.2, 0.25) is 0 Å². The standard InChI is InChI=1S/C14H20Cl2N2O/c1-10(2)9-19-4-3-18-14(8-17)11-5-12(15)7-13(16)6-11/h5-7,14,18H,1,3-4,8-9,17H2,2H3. The summed E-state index contributed by atoms with van der Waals surface area (Å²) in [5.74, 6) is 0. The minimum Gasteiger partial charge on any atom is -0.376 e. The van der Waals surface area contributed by atoms with Crippen LogP contribution in [0.2, 0.25) is 10.0 Å². The summed E-state index contributed by atoms with van der Waals surface area (Å²) in [7, 11) is 0. The second kappa shape index (κ2) is 8.56. The van der Waals surface area contributed by atoms with Crippen LogP contribution in [0, 0.1) is 0 Å². The van der Waals surface area contributed by atoms with Crippen LogP contribution in [0.5, 0.6) is 0 Å². The van der Waals surface area contributed by atoms with Gasteiger partial charge in [-0.1, -0.05) is 35.4 Å². The Kier molecular flexibility index (Phi) is 7.42. The fourth-order valence-electron chi connectivity index (χ4n) is 1.67. The van der Waals surface area contributed by atoms with E-state index >= 15 is 0 Å². The van der Waals surface area contributed by atoms with Crippen molar-refractivity contribution in [1.29, 1.82) is 0 Å². The molecule has 0 aromatic heterocycles. The first-order valence-electron chi connectivity index (χ1n) is 6.14. The van der Waals surface area contributed by atoms with E-state index in [-0.39, 0.29) is 6.04 Å². The molecule has 3 N–H and O–H groups in total. The van der Waals surface area contributed by atoms with Gasteiger partial charge in [0.15, 0.2) is 0 Å². The highest BCUT2D eigenvalue weighted by Crippen LogP contribution is 2.23. The molecule has 0 amide bonds. The van der Waals surface area contributed by atoms with Crippen molar-refractivity contribution in [2.24, 2.45) is 5.73 Å². The number of nitrogens with two attached hydrogens (primary N) is 1. The molecule has 0 saturated heterocycles. The summed E-state index contributed by atoms with van der Waals surface area (Å²) < 4.78 is 5.42. The smallest absolute Gasteiger partial charge is 0.0672 e. The molecule has 0 aliphatic carbocycles. The fourth-order valence-corrected chi connectivity index (χ4v) is 2.21. The molecule has 1 rings (SSSR count). The Morgan fingerprint density at radius 3 is 2.53 bits per heavy atom. The monoisotopic (exact) mass is 302 g/mol. The summed E-state index contributed by atoms with van der Waals surface area (Å²) in [4.78, 5) is 0. The molecule has 0 saturated carbocycles. The molecule has 0 aliphatic heterocycles. The zero-order chi connectivity index (χ0) is 14.3. The molecule has 0 bridgehead atoms. The molecule has 106 valence electrons. The fraction of sp³-hybridized carbons (Fsp3) is 0.429. The highest BCUT2D eigenvalue weighted by atomic mass is 35.5. The van der Waals surface area contributed by atoms with Gasteiger partial charge >= 0.3 is 0 Å². The van der Waals surface area contributed by atoms with E-state index in [1.807, 2.05) is 19.1 Å². The molecule has 1 aromatic carbocycles. The zero-order valence-electron chi connectivity index (χ0n) is 11.1. The number of nitrogens with one attached hydrogen (secondary N) is 1. The van der Waals surface area contributed by atoms with Crippen LogP contribution in [-0.2, 0) is 4.74 Å². The van der Waals surface area contributed by atoms with Gasteiger partial charge in [0.1, 0.15) is 0 Å². The molecular weight excluding hydrogens is 283 g/mol. The van der Waals surface area contributed by atoms with E-state index in [0.717, 1.165) is 11.1 Å². The third kappa shape index (κ3) is 6.41. The summed E-state index contributed by atoms with van der Waals surface area (Å²) in [5.41, 5.74) is 7.76. The highest BCUT2D eigenvalue weighted by Gasteiger charge is 2.10. The molecule has 1 aromatic rings. The van der Waals surface area contributed by atoms with Gasteiger partial charge in [-0.2, -0.15) is 0 Å². The van der Waals surface area contributed by atoms with Crippen molar-refractivity contribution in [1.82, 2.24) is 5.32 Å². The Morgan fingerprint density at radius 1 is 1.37 bits per heavy atom. The maximum absolute atomic E-state index is 5.98. The van der Waals surface area contributed by atoms with Gasteiger partial charge in [-0.05, 0) is 30.7 Å². The van der Waals surface area contributed by atoms with Gasteiger partial charge in [-0.15, -0.1) is 0 Å². The van der Waals surface area contributed by atoms with Crippen LogP contribution in [0.3, 0.4) is 0 Å². The third-order valence-corrected chi connectivity index (χ3v) is 2.94. The Morgan fingerprint density at radius 2 is 2.00 bits per heavy atom. The lowest BCUT2D eigenvalue weighted by Gasteiger charge is -2.18. The van der Waals surface area contributed by atoms with Crippen LogP contribution in [-0.4, -0.2) is 26.3 Å². The van der Waals surface area contributed by atoms with E-state index in [1.165, 1.54) is 0 Å². The van der Waals surface area contributed by atoms with E-state index in [4.69, 9.17) is 33.7 Å². The van der Waals surface area contributed by atoms with Crippen LogP contribution < -0.4 is 11.1 Å². The Labute approximate surface area is 124 Å². The number of benzene rings is 1. The van der Waals surface area contributed by atoms with Gasteiger partial charge in [0.25, 0.3) is 0 Å². The largest absolute Gasteiger partial charge is 0.376 e. The minimum atomic E-state index is 0.0182. The van der Waals surface area contributed by atoms with Crippen molar-refractivity contribution >= 4 is 23.2 Å². The molecule has 0 aliphatic rings. The van der Waals surface area contributed by atoms with Gasteiger partial charge in [0.05, 0.1) is 13.2 Å². The molecule has 1 unspecified atom stereocenters. The summed E-state index contributed by atoms with van der Waals surface area (Å²) in [5, 5.41) is 4.54. The predicted molar refractivity (Wildman–Crippen MR) is 81.9 cm³/mol. The van der Waals surface area contributed by atoms with E-state index in [9.17, 15) is 0 Å². The van der Waals surface area contributed by atoms with Gasteiger partial charge < -0.3 is 15.8 Å². The van der Waals surface area contributed by atoms with Crippen LogP contribution >= 0.6 is 23.2 Å². The summed E-state index contributed by atoms with van der Waals surface area (Å²) in [6, 6.07) is 5.46. The number of halogens is 2. The van der Waals surface area contributed by atoms with Gasteiger partial charge in [-0.25, -0.2) is 0 Å². The molecule has 5 heteroatoms. The van der Waals surface area contributed by atoms with E-state index in [2.05, 4.69) is 11.9 Å². The average molecular weight is 303 g/mol. The van der Waals surface area contributed by atoms with E-state index < -0.39 is 0 Å². The van der Waals surface area contributed by atoms with Crippen molar-refractivity contribution in [3.8, 4) is 0 Å². The van der Waals surface area contributed by atoms with Crippen LogP contribution in [0.15, 0.2) is 30.4 Å². The van der Waals surface area contributed by atoms with Gasteiger partial charge in [-0.3, -0.25) is 0 Å². The predicted octanol–water partition coefficient (Wildman–Crippen LogP) is 3.18. The van der Waals surface area contributed by atoms with Crippen molar-refractivity contribution in [2.75, 3.05) is 26.3 Å². The Hall–Kier alpha value is -0.580. The average Bonchev–Trinajstić information content (AvgIpc) is 2.32. The van der Waals surface area contributed by atoms with Crippen LogP contribution in [0.25, 0.3) is 0 Å². The molecule has 0 heterocycles. The number of hydrogen-bond acceptors (Lipinski definition) is 3. The normalized spacial score (nSPS) is 12.4. The number of rotatable bonds is 8. The summed E-state index contributed by atoms with van der Waals surface area (Å²) in [6.45, 7) is 8.08. The van der Waals surface area contributed by atoms with Crippen LogP contribution in [0.4, 0.5) is 0 Å². The lowest BCUT2D eigenvalue weighted by molar-refractivity contribution is 0.155. The lowest BCUT2D eigenvalue weighted by atomic mass is 10.1. The molecule has 1 atom stereocenters. The quantitative estimate of drug-likeness (QED) is 0.573. The topological polar surface area (TPSA) is 47.3 Å². The number of ether oxygens (including phenoxy) is 1. The van der Waals surface area contributed by atoms with E-state index in [0.29, 0.717) is 36.3 Å². The third-order valence-electron chi connectivity index (χ3n) is 2.51. The summed E-state index contributed by atoms with van der Waals surface area (Å²) in [6.07, 6.45) is 0. The molecule has 0 spiro atoms. The highest BCUT2D eigenvalue weighted by molar-refractivity contribution is 6.34. The molecule has 0 radical (unpaired) electrons. The molecular formula is C14H20Cl2N2O. The van der Waals surface area contributed by atoms with Gasteiger partial charge in [0, 0.05) is 29.2 Å². The first kappa shape index (κ1) is 16.5. The maximum atomic E-state index is 5.98. The SMILES string of the molecule is C=C(C)COCCNC(CN)c1cc(Cl)cc(Cl)c1. The first-order chi connectivity index (χ1) is 9.02. The first-order valence-corrected chi connectivity index (χ1v) is 6.90. The zero-order valence-corrected chi connectivity index (χ0v) is 12.6. The molecule has 19 heavy (non-hydrogen) atoms. The second-order valence-electron chi connectivity index (χ2n) is 4.45. The lowest BCUT2D eigenvalue weighted by Crippen LogP contribution is -2.31. The summed E-state index contributed by atoms with van der Waals surface area (Å²) >= 11 is 12.0. The Balaban J connectivity index is 2.46.